The summed E-state index contributed by atoms with van der Waals surface area (Å²) in [6.07, 6.45) is 1.36. The van der Waals surface area contributed by atoms with Crippen LogP contribution in [0.3, 0.4) is 0 Å². The summed E-state index contributed by atoms with van der Waals surface area (Å²) in [5.41, 5.74) is 1.04. The van der Waals surface area contributed by atoms with Gasteiger partial charge in [-0.25, -0.2) is 0 Å². The van der Waals surface area contributed by atoms with E-state index >= 15 is 0 Å². The molecule has 0 unspecified atom stereocenters. The van der Waals surface area contributed by atoms with Crippen LogP contribution in [-0.2, 0) is 4.79 Å². The molecule has 92 valence electrons. The van der Waals surface area contributed by atoms with Gasteiger partial charge in [-0.1, -0.05) is 30.3 Å². The van der Waals surface area contributed by atoms with Crippen LogP contribution in [0.4, 0.5) is 0 Å². The summed E-state index contributed by atoms with van der Waals surface area (Å²) in [6, 6.07) is 9.80. The van der Waals surface area contributed by atoms with Crippen molar-refractivity contribution in [1.29, 1.82) is 0 Å². The Morgan fingerprint density at radius 3 is 2.76 bits per heavy atom. The Bertz CT molecular complexity index is 377. The Kier molecular flexibility index (Phi) is 3.79. The quantitative estimate of drug-likeness (QED) is 0.845. The number of likely N-dealkylation sites (tertiary alicyclic amines) is 1. The summed E-state index contributed by atoms with van der Waals surface area (Å²) in [6.45, 7) is 3.18. The first-order chi connectivity index (χ1) is 8.18. The maximum Gasteiger partial charge on any atom is 0.229 e. The van der Waals surface area contributed by atoms with Gasteiger partial charge in [-0.15, -0.1) is 0 Å². The van der Waals surface area contributed by atoms with E-state index in [0.717, 1.165) is 24.9 Å². The molecule has 0 saturated carbocycles. The fourth-order valence-corrected chi connectivity index (χ4v) is 2.31. The molecule has 1 aromatic rings. The van der Waals surface area contributed by atoms with Crippen molar-refractivity contribution in [3.8, 4) is 0 Å². The molecule has 1 fully saturated rings. The topological polar surface area (TPSA) is 40.5 Å². The van der Waals surface area contributed by atoms with Crippen LogP contribution in [0.5, 0.6) is 0 Å². The van der Waals surface area contributed by atoms with Crippen molar-refractivity contribution < 1.29 is 9.90 Å². The van der Waals surface area contributed by atoms with Crippen LogP contribution in [0, 0.1) is 0 Å². The van der Waals surface area contributed by atoms with Gasteiger partial charge in [0.05, 0.1) is 12.0 Å². The predicted octanol–water partition coefficient (Wildman–Crippen LogP) is 1.77. The molecule has 2 rings (SSSR count). The van der Waals surface area contributed by atoms with Crippen LogP contribution in [-0.4, -0.2) is 35.1 Å². The molecule has 1 aliphatic heterocycles. The molecule has 1 heterocycles. The number of aliphatic hydroxyl groups excluding tert-OH is 1. The molecule has 1 aromatic carbocycles. The second-order valence-electron chi connectivity index (χ2n) is 4.71. The third-order valence-corrected chi connectivity index (χ3v) is 3.38. The molecule has 2 atom stereocenters. The lowest BCUT2D eigenvalue weighted by atomic mass is 9.98. The zero-order valence-electron chi connectivity index (χ0n) is 10.2. The lowest BCUT2D eigenvalue weighted by molar-refractivity contribution is -0.135. The Hall–Kier alpha value is -1.35. The highest BCUT2D eigenvalue weighted by Gasteiger charge is 2.26. The average Bonchev–Trinajstić information content (AvgIpc) is 2.38. The Labute approximate surface area is 102 Å². The van der Waals surface area contributed by atoms with Gasteiger partial charge >= 0.3 is 0 Å². The summed E-state index contributed by atoms with van der Waals surface area (Å²) in [7, 11) is 0. The molecule has 1 amide bonds. The molecule has 1 aliphatic rings. The standard InChI is InChI=1S/C14H19NO2/c1-11(12-6-3-2-4-7-12)14(17)15-9-5-8-13(16)10-15/h2-4,6-7,11,13,16H,5,8-10H2,1H3/t11-,13-/m1/s1. The number of rotatable bonds is 2. The number of carbonyl (C=O) groups excluding carboxylic acids is 1. The molecular weight excluding hydrogens is 214 g/mol. The Morgan fingerprint density at radius 2 is 2.12 bits per heavy atom. The van der Waals surface area contributed by atoms with E-state index in [4.69, 9.17) is 0 Å². The maximum absolute atomic E-state index is 12.3. The zero-order chi connectivity index (χ0) is 12.3. The van der Waals surface area contributed by atoms with Gasteiger partial charge in [0.2, 0.25) is 5.91 Å². The van der Waals surface area contributed by atoms with E-state index in [2.05, 4.69) is 0 Å². The smallest absolute Gasteiger partial charge is 0.229 e. The van der Waals surface area contributed by atoms with Crippen molar-refractivity contribution in [3.05, 3.63) is 35.9 Å². The van der Waals surface area contributed by atoms with Gasteiger partial charge in [0.15, 0.2) is 0 Å². The second kappa shape index (κ2) is 5.32. The minimum Gasteiger partial charge on any atom is -0.391 e. The third kappa shape index (κ3) is 2.86. The number of hydrogen-bond donors (Lipinski definition) is 1. The number of benzene rings is 1. The average molecular weight is 233 g/mol. The number of piperidine rings is 1. The number of aliphatic hydroxyl groups is 1. The zero-order valence-corrected chi connectivity index (χ0v) is 10.2. The predicted molar refractivity (Wildman–Crippen MR) is 66.7 cm³/mol. The third-order valence-electron chi connectivity index (χ3n) is 3.38. The van der Waals surface area contributed by atoms with Crippen molar-refractivity contribution in [1.82, 2.24) is 4.90 Å². The van der Waals surface area contributed by atoms with E-state index in [9.17, 15) is 9.90 Å². The minimum absolute atomic E-state index is 0.120. The Morgan fingerprint density at radius 1 is 1.41 bits per heavy atom. The van der Waals surface area contributed by atoms with Gasteiger partial charge in [-0.2, -0.15) is 0 Å². The molecule has 1 saturated heterocycles. The van der Waals surface area contributed by atoms with Gasteiger partial charge in [0.1, 0.15) is 0 Å². The summed E-state index contributed by atoms with van der Waals surface area (Å²) in [5.74, 6) is -0.00329. The van der Waals surface area contributed by atoms with Gasteiger partial charge < -0.3 is 10.0 Å². The van der Waals surface area contributed by atoms with E-state index in [1.807, 2.05) is 37.3 Å². The Balaban J connectivity index is 2.04. The summed E-state index contributed by atoms with van der Waals surface area (Å²) < 4.78 is 0. The van der Waals surface area contributed by atoms with Crippen molar-refractivity contribution in [3.63, 3.8) is 0 Å². The molecule has 1 N–H and O–H groups in total. The fourth-order valence-electron chi connectivity index (χ4n) is 2.31. The highest BCUT2D eigenvalue weighted by atomic mass is 16.3. The lowest BCUT2D eigenvalue weighted by Gasteiger charge is -2.32. The number of carbonyl (C=O) groups is 1. The molecule has 3 nitrogen and oxygen atoms in total. The number of hydrogen-bond acceptors (Lipinski definition) is 2. The summed E-state index contributed by atoms with van der Waals surface area (Å²) in [5, 5.41) is 9.59. The number of β-amino-alcohol motifs (C(OH)–C–C–N with tert-alkyl or cyclic N) is 1. The maximum atomic E-state index is 12.3. The van der Waals surface area contributed by atoms with E-state index in [0.29, 0.717) is 6.54 Å². The van der Waals surface area contributed by atoms with Gasteiger partial charge in [-0.05, 0) is 25.3 Å². The molecule has 0 aliphatic carbocycles. The normalized spacial score (nSPS) is 22.2. The molecule has 0 spiro atoms. The van der Waals surface area contributed by atoms with Gasteiger partial charge in [-0.3, -0.25) is 4.79 Å². The van der Waals surface area contributed by atoms with E-state index in [1.54, 1.807) is 4.90 Å². The first-order valence-corrected chi connectivity index (χ1v) is 6.20. The van der Waals surface area contributed by atoms with Crippen molar-refractivity contribution in [2.75, 3.05) is 13.1 Å². The number of amides is 1. The molecule has 17 heavy (non-hydrogen) atoms. The van der Waals surface area contributed by atoms with Gasteiger partial charge in [0, 0.05) is 13.1 Å². The van der Waals surface area contributed by atoms with Crippen LogP contribution in [0.2, 0.25) is 0 Å². The monoisotopic (exact) mass is 233 g/mol. The van der Waals surface area contributed by atoms with Crippen LogP contribution >= 0.6 is 0 Å². The summed E-state index contributed by atoms with van der Waals surface area (Å²) >= 11 is 0. The lowest BCUT2D eigenvalue weighted by Crippen LogP contribution is -2.43. The van der Waals surface area contributed by atoms with E-state index in [1.165, 1.54) is 0 Å². The van der Waals surface area contributed by atoms with Crippen LogP contribution in [0.15, 0.2) is 30.3 Å². The largest absolute Gasteiger partial charge is 0.391 e. The minimum atomic E-state index is -0.351. The van der Waals surface area contributed by atoms with Crippen molar-refractivity contribution in [2.45, 2.75) is 31.8 Å². The van der Waals surface area contributed by atoms with E-state index in [-0.39, 0.29) is 17.9 Å². The van der Waals surface area contributed by atoms with Crippen LogP contribution in [0.1, 0.15) is 31.2 Å². The molecule has 0 bridgehead atoms. The van der Waals surface area contributed by atoms with Crippen molar-refractivity contribution >= 4 is 5.91 Å². The van der Waals surface area contributed by atoms with Crippen LogP contribution in [0.25, 0.3) is 0 Å². The van der Waals surface area contributed by atoms with Gasteiger partial charge in [0.25, 0.3) is 0 Å². The molecule has 0 aromatic heterocycles. The SMILES string of the molecule is C[C@@H](C(=O)N1CCC[C@@H](O)C1)c1ccccc1. The fraction of sp³-hybridized carbons (Fsp3) is 0.500. The number of nitrogens with zero attached hydrogens (tertiary/aromatic N) is 1. The van der Waals surface area contributed by atoms with Crippen molar-refractivity contribution in [2.24, 2.45) is 0 Å². The highest BCUT2D eigenvalue weighted by molar-refractivity contribution is 5.83. The second-order valence-corrected chi connectivity index (χ2v) is 4.71. The highest BCUT2D eigenvalue weighted by Crippen LogP contribution is 2.20. The first-order valence-electron chi connectivity index (χ1n) is 6.20. The first kappa shape index (κ1) is 12.1. The molecule has 3 heteroatoms. The summed E-state index contributed by atoms with van der Waals surface area (Å²) in [4.78, 5) is 14.0. The van der Waals surface area contributed by atoms with Crippen LogP contribution < -0.4 is 0 Å². The molecular formula is C14H19NO2. The van der Waals surface area contributed by atoms with E-state index < -0.39 is 0 Å². The molecule has 0 radical (unpaired) electrons.